The summed E-state index contributed by atoms with van der Waals surface area (Å²) in [5.74, 6) is 1.81. The molecule has 0 radical (unpaired) electrons. The lowest BCUT2D eigenvalue weighted by molar-refractivity contribution is 0.627. The van der Waals surface area contributed by atoms with Crippen molar-refractivity contribution < 1.29 is 8.78 Å². The van der Waals surface area contributed by atoms with Gasteiger partial charge in [0.2, 0.25) is 0 Å². The summed E-state index contributed by atoms with van der Waals surface area (Å²) >= 11 is 0. The van der Waals surface area contributed by atoms with E-state index in [2.05, 4.69) is 5.92 Å². The maximum atomic E-state index is 12.2. The van der Waals surface area contributed by atoms with Gasteiger partial charge in [0.25, 0.3) is 0 Å². The molecule has 0 aliphatic rings. The van der Waals surface area contributed by atoms with Crippen LogP contribution in [0, 0.1) is 17.9 Å². The SMILES string of the molecule is FC#Cc1ccc(F)cc1. The van der Waals surface area contributed by atoms with Crippen LogP contribution >= 0.6 is 0 Å². The van der Waals surface area contributed by atoms with Crippen LogP contribution in [-0.2, 0) is 0 Å². The van der Waals surface area contributed by atoms with Crippen molar-refractivity contribution in [1.29, 1.82) is 0 Å². The first-order chi connectivity index (χ1) is 4.83. The van der Waals surface area contributed by atoms with E-state index in [1.54, 1.807) is 0 Å². The van der Waals surface area contributed by atoms with Crippen molar-refractivity contribution in [2.75, 3.05) is 0 Å². The Kier molecular flexibility index (Phi) is 2.01. The Morgan fingerprint density at radius 3 is 2.20 bits per heavy atom. The van der Waals surface area contributed by atoms with Gasteiger partial charge in [-0.05, 0) is 30.2 Å². The van der Waals surface area contributed by atoms with Gasteiger partial charge in [-0.1, -0.05) is 0 Å². The molecule has 50 valence electrons. The second-order valence-corrected chi connectivity index (χ2v) is 1.73. The number of rotatable bonds is 0. The van der Waals surface area contributed by atoms with Crippen molar-refractivity contribution in [3.63, 3.8) is 0 Å². The molecule has 0 saturated carbocycles. The fraction of sp³-hybridized carbons (Fsp3) is 0. The molecule has 1 rings (SSSR count). The molecule has 1 aromatic rings. The fourth-order valence-electron chi connectivity index (χ4n) is 0.588. The van der Waals surface area contributed by atoms with Crippen molar-refractivity contribution in [2.24, 2.45) is 0 Å². The molecule has 0 amide bonds. The summed E-state index contributed by atoms with van der Waals surface area (Å²) in [4.78, 5) is 0. The Morgan fingerprint density at radius 2 is 1.70 bits per heavy atom. The molecule has 2 heteroatoms. The third-order valence-electron chi connectivity index (χ3n) is 1.04. The lowest BCUT2D eigenvalue weighted by Gasteiger charge is -1.86. The van der Waals surface area contributed by atoms with Crippen molar-refractivity contribution >= 4 is 0 Å². The van der Waals surface area contributed by atoms with Crippen molar-refractivity contribution in [2.45, 2.75) is 0 Å². The predicted octanol–water partition coefficient (Wildman–Crippen LogP) is 2.10. The monoisotopic (exact) mass is 138 g/mol. The highest BCUT2D eigenvalue weighted by molar-refractivity contribution is 5.32. The van der Waals surface area contributed by atoms with Gasteiger partial charge in [-0.25, -0.2) is 4.39 Å². The van der Waals surface area contributed by atoms with Crippen LogP contribution in [0.15, 0.2) is 24.3 Å². The van der Waals surface area contributed by atoms with Crippen molar-refractivity contribution in [3.8, 4) is 12.1 Å². The minimum absolute atomic E-state index is 0.343. The van der Waals surface area contributed by atoms with E-state index in [9.17, 15) is 8.78 Å². The highest BCUT2D eigenvalue weighted by atomic mass is 19.1. The van der Waals surface area contributed by atoms with E-state index in [4.69, 9.17) is 0 Å². The Hall–Kier alpha value is -1.36. The molecular formula is C8H4F2. The van der Waals surface area contributed by atoms with Crippen molar-refractivity contribution in [3.05, 3.63) is 35.6 Å². The molecule has 0 aliphatic heterocycles. The summed E-state index contributed by atoms with van der Waals surface area (Å²) < 4.78 is 23.5. The average molecular weight is 138 g/mol. The Morgan fingerprint density at radius 1 is 1.10 bits per heavy atom. The number of halogens is 2. The first kappa shape index (κ1) is 6.76. The zero-order valence-electron chi connectivity index (χ0n) is 5.07. The molecule has 0 aliphatic carbocycles. The minimum Gasteiger partial charge on any atom is -0.207 e. The normalized spacial score (nSPS) is 8.20. The van der Waals surface area contributed by atoms with E-state index in [0.717, 1.165) is 0 Å². The summed E-state index contributed by atoms with van der Waals surface area (Å²) in [5, 5.41) is 0. The first-order valence-corrected chi connectivity index (χ1v) is 2.70. The summed E-state index contributed by atoms with van der Waals surface area (Å²) in [5.41, 5.74) is 0.476. The second kappa shape index (κ2) is 2.98. The Bertz CT molecular complexity index is 264. The number of hydrogen-bond donors (Lipinski definition) is 0. The second-order valence-electron chi connectivity index (χ2n) is 1.73. The molecule has 0 aromatic heterocycles. The Balaban J connectivity index is 2.97. The lowest BCUT2D eigenvalue weighted by Crippen LogP contribution is -1.74. The van der Waals surface area contributed by atoms with Crippen molar-refractivity contribution in [1.82, 2.24) is 0 Å². The molecule has 1 aromatic carbocycles. The molecule has 0 heterocycles. The minimum atomic E-state index is -0.343. The van der Waals surface area contributed by atoms with Crippen LogP contribution in [0.2, 0.25) is 0 Å². The van der Waals surface area contributed by atoms with E-state index in [1.165, 1.54) is 30.4 Å². The maximum Gasteiger partial charge on any atom is 0.123 e. The zero-order chi connectivity index (χ0) is 7.40. The van der Waals surface area contributed by atoms with E-state index in [-0.39, 0.29) is 5.82 Å². The molecule has 0 N–H and O–H groups in total. The van der Waals surface area contributed by atoms with Gasteiger partial charge in [-0.15, -0.1) is 4.39 Å². The number of hydrogen-bond acceptors (Lipinski definition) is 0. The fourth-order valence-corrected chi connectivity index (χ4v) is 0.588. The van der Waals surface area contributed by atoms with E-state index in [0.29, 0.717) is 5.56 Å². The van der Waals surface area contributed by atoms with Crippen LogP contribution in [0.25, 0.3) is 0 Å². The molecule has 0 nitrogen and oxygen atoms in total. The van der Waals surface area contributed by atoms with Gasteiger partial charge in [-0.3, -0.25) is 0 Å². The molecule has 0 saturated heterocycles. The summed E-state index contributed by atoms with van der Waals surface area (Å²) in [6, 6.07) is 5.31. The molecule has 0 fully saturated rings. The largest absolute Gasteiger partial charge is 0.207 e. The third-order valence-corrected chi connectivity index (χ3v) is 1.04. The predicted molar refractivity (Wildman–Crippen MR) is 34.4 cm³/mol. The zero-order valence-corrected chi connectivity index (χ0v) is 5.07. The van der Waals surface area contributed by atoms with Gasteiger partial charge in [0.15, 0.2) is 0 Å². The summed E-state index contributed by atoms with van der Waals surface area (Å²) in [7, 11) is 0. The van der Waals surface area contributed by atoms with Crippen LogP contribution in [-0.4, -0.2) is 0 Å². The third kappa shape index (κ3) is 1.56. The smallest absolute Gasteiger partial charge is 0.123 e. The van der Waals surface area contributed by atoms with Crippen LogP contribution in [0.1, 0.15) is 5.56 Å². The lowest BCUT2D eigenvalue weighted by atomic mass is 10.2. The van der Waals surface area contributed by atoms with Crippen LogP contribution < -0.4 is 0 Å². The molecule has 0 atom stereocenters. The van der Waals surface area contributed by atoms with E-state index < -0.39 is 0 Å². The van der Waals surface area contributed by atoms with E-state index in [1.807, 2.05) is 0 Å². The van der Waals surface area contributed by atoms with Gasteiger partial charge in [0.1, 0.15) is 12.0 Å². The van der Waals surface area contributed by atoms with Gasteiger partial charge in [0.05, 0.1) is 0 Å². The molecule has 0 unspecified atom stereocenters. The Labute approximate surface area is 57.5 Å². The highest BCUT2D eigenvalue weighted by Crippen LogP contribution is 1.99. The molecular weight excluding hydrogens is 134 g/mol. The quantitative estimate of drug-likeness (QED) is 0.481. The maximum absolute atomic E-state index is 12.2. The average Bonchev–Trinajstić information content (AvgIpc) is 1.95. The topological polar surface area (TPSA) is 0 Å². The highest BCUT2D eigenvalue weighted by Gasteiger charge is 1.87. The first-order valence-electron chi connectivity index (χ1n) is 2.70. The van der Waals surface area contributed by atoms with E-state index >= 15 is 0 Å². The number of benzene rings is 1. The standard InChI is InChI=1S/C8H4F2/c9-6-5-7-1-3-8(10)4-2-7/h1-4H. The van der Waals surface area contributed by atoms with Crippen LogP contribution in [0.4, 0.5) is 8.78 Å². The van der Waals surface area contributed by atoms with Gasteiger partial charge >= 0.3 is 0 Å². The van der Waals surface area contributed by atoms with Gasteiger partial charge < -0.3 is 0 Å². The van der Waals surface area contributed by atoms with Crippen LogP contribution in [0.3, 0.4) is 0 Å². The van der Waals surface area contributed by atoms with Gasteiger partial charge in [0, 0.05) is 5.56 Å². The van der Waals surface area contributed by atoms with Crippen LogP contribution in [0.5, 0.6) is 0 Å². The molecule has 0 spiro atoms. The summed E-state index contributed by atoms with van der Waals surface area (Å²) in [6.45, 7) is 0. The van der Waals surface area contributed by atoms with Gasteiger partial charge in [-0.2, -0.15) is 0 Å². The summed E-state index contributed by atoms with van der Waals surface area (Å²) in [6.07, 6.45) is 1.23. The molecule has 10 heavy (non-hydrogen) atoms. The molecule has 0 bridgehead atoms.